The van der Waals surface area contributed by atoms with Crippen molar-refractivity contribution in [2.45, 2.75) is 31.2 Å². The summed E-state index contributed by atoms with van der Waals surface area (Å²) in [5.74, 6) is 0.280. The first-order chi connectivity index (χ1) is 12.9. The predicted octanol–water partition coefficient (Wildman–Crippen LogP) is 2.44. The molecule has 142 valence electrons. The third-order valence-corrected chi connectivity index (χ3v) is 6.13. The number of amides is 1. The molecule has 1 saturated heterocycles. The Morgan fingerprint density at radius 1 is 1.33 bits per heavy atom. The third kappa shape index (κ3) is 4.38. The van der Waals surface area contributed by atoms with E-state index in [9.17, 15) is 13.2 Å². The second-order valence-electron chi connectivity index (χ2n) is 6.58. The van der Waals surface area contributed by atoms with Crippen molar-refractivity contribution in [1.29, 1.82) is 5.26 Å². The SMILES string of the molecule is Cc1ccc(S(=O)(=O)NCc2ccco2)cc1C(=O)N1CCC(C#N)CC1. The standard InChI is InChI=1S/C19H21N3O4S/c1-14-4-5-17(27(24,25)21-13-16-3-2-10-26-16)11-18(14)19(23)22-8-6-15(12-20)7-9-22/h2-5,10-11,15,21H,6-9,13H2,1H3. The smallest absolute Gasteiger partial charge is 0.254 e. The summed E-state index contributed by atoms with van der Waals surface area (Å²) in [5.41, 5.74) is 1.08. The van der Waals surface area contributed by atoms with Crippen molar-refractivity contribution >= 4 is 15.9 Å². The van der Waals surface area contributed by atoms with E-state index >= 15 is 0 Å². The van der Waals surface area contributed by atoms with Crippen LogP contribution >= 0.6 is 0 Å². The number of sulfonamides is 1. The number of piperidine rings is 1. The molecular formula is C19H21N3O4S. The van der Waals surface area contributed by atoms with E-state index < -0.39 is 10.0 Å². The highest BCUT2D eigenvalue weighted by molar-refractivity contribution is 7.89. The van der Waals surface area contributed by atoms with Gasteiger partial charge >= 0.3 is 0 Å². The molecule has 0 atom stereocenters. The summed E-state index contributed by atoms with van der Waals surface area (Å²) in [7, 11) is -3.78. The van der Waals surface area contributed by atoms with Crippen LogP contribution in [0.15, 0.2) is 45.9 Å². The molecule has 7 nitrogen and oxygen atoms in total. The molecule has 0 saturated carbocycles. The van der Waals surface area contributed by atoms with Gasteiger partial charge in [-0.05, 0) is 49.6 Å². The van der Waals surface area contributed by atoms with Gasteiger partial charge in [0.05, 0.1) is 23.8 Å². The van der Waals surface area contributed by atoms with E-state index in [1.807, 2.05) is 0 Å². The zero-order valence-electron chi connectivity index (χ0n) is 15.0. The minimum Gasteiger partial charge on any atom is -0.468 e. The molecule has 0 radical (unpaired) electrons. The average Bonchev–Trinajstić information content (AvgIpc) is 3.20. The Kier molecular flexibility index (Phi) is 5.63. The molecule has 0 spiro atoms. The molecule has 1 aromatic carbocycles. The van der Waals surface area contributed by atoms with Gasteiger partial charge in [-0.2, -0.15) is 5.26 Å². The molecule has 1 N–H and O–H groups in total. The fourth-order valence-electron chi connectivity index (χ4n) is 3.04. The molecule has 0 aliphatic carbocycles. The van der Waals surface area contributed by atoms with Crippen molar-refractivity contribution < 1.29 is 17.6 Å². The van der Waals surface area contributed by atoms with Gasteiger partial charge in [0.1, 0.15) is 5.76 Å². The van der Waals surface area contributed by atoms with E-state index in [0.29, 0.717) is 42.8 Å². The maximum absolute atomic E-state index is 12.9. The van der Waals surface area contributed by atoms with Gasteiger partial charge in [0.15, 0.2) is 0 Å². The molecule has 3 rings (SSSR count). The van der Waals surface area contributed by atoms with Crippen molar-refractivity contribution in [2.75, 3.05) is 13.1 Å². The van der Waals surface area contributed by atoms with Gasteiger partial charge in [-0.1, -0.05) is 6.07 Å². The Balaban J connectivity index is 1.77. The number of nitrogens with zero attached hydrogens (tertiary/aromatic N) is 2. The lowest BCUT2D eigenvalue weighted by atomic mass is 9.97. The quantitative estimate of drug-likeness (QED) is 0.849. The van der Waals surface area contributed by atoms with Crippen molar-refractivity contribution in [3.8, 4) is 6.07 Å². The van der Waals surface area contributed by atoms with Gasteiger partial charge in [-0.15, -0.1) is 0 Å². The van der Waals surface area contributed by atoms with Gasteiger partial charge in [0.25, 0.3) is 5.91 Å². The van der Waals surface area contributed by atoms with E-state index in [1.165, 1.54) is 18.4 Å². The Bertz CT molecular complexity index is 953. The number of nitrogens with one attached hydrogen (secondary N) is 1. The Morgan fingerprint density at radius 2 is 2.07 bits per heavy atom. The zero-order valence-corrected chi connectivity index (χ0v) is 15.8. The van der Waals surface area contributed by atoms with Crippen LogP contribution in [-0.4, -0.2) is 32.3 Å². The highest BCUT2D eigenvalue weighted by Crippen LogP contribution is 2.22. The van der Waals surface area contributed by atoms with Gasteiger partial charge < -0.3 is 9.32 Å². The number of hydrogen-bond acceptors (Lipinski definition) is 5. The molecule has 1 amide bonds. The number of hydrogen-bond donors (Lipinski definition) is 1. The number of nitriles is 1. The summed E-state index contributed by atoms with van der Waals surface area (Å²) in [6, 6.07) is 10.1. The molecule has 8 heteroatoms. The molecule has 2 heterocycles. The summed E-state index contributed by atoms with van der Waals surface area (Å²) in [6.45, 7) is 2.82. The third-order valence-electron chi connectivity index (χ3n) is 4.73. The summed E-state index contributed by atoms with van der Waals surface area (Å²) < 4.78 is 32.7. The number of furan rings is 1. The Labute approximate surface area is 158 Å². The number of carbonyl (C=O) groups excluding carboxylic acids is 1. The fraction of sp³-hybridized carbons (Fsp3) is 0.368. The predicted molar refractivity (Wildman–Crippen MR) is 98.2 cm³/mol. The minimum absolute atomic E-state index is 0.0207. The lowest BCUT2D eigenvalue weighted by Crippen LogP contribution is -2.38. The number of aryl methyl sites for hydroxylation is 1. The molecule has 0 bridgehead atoms. The van der Waals surface area contributed by atoms with Crippen molar-refractivity contribution in [2.24, 2.45) is 5.92 Å². The molecule has 1 fully saturated rings. The topological polar surface area (TPSA) is 103 Å². The lowest BCUT2D eigenvalue weighted by Gasteiger charge is -2.29. The number of benzene rings is 1. The average molecular weight is 387 g/mol. The first-order valence-electron chi connectivity index (χ1n) is 8.72. The molecule has 2 aromatic rings. The van der Waals surface area contributed by atoms with Crippen LogP contribution in [0.25, 0.3) is 0 Å². The van der Waals surface area contributed by atoms with Gasteiger partial charge in [0.2, 0.25) is 10.0 Å². The van der Waals surface area contributed by atoms with Gasteiger partial charge in [0, 0.05) is 24.6 Å². The first kappa shape index (κ1) is 19.1. The first-order valence-corrected chi connectivity index (χ1v) is 10.2. The molecular weight excluding hydrogens is 366 g/mol. The number of likely N-dealkylation sites (tertiary alicyclic amines) is 1. The fourth-order valence-corrected chi connectivity index (χ4v) is 4.06. The van der Waals surface area contributed by atoms with Crippen LogP contribution in [0, 0.1) is 24.2 Å². The number of rotatable bonds is 5. The number of carbonyl (C=O) groups is 1. The van der Waals surface area contributed by atoms with Crippen LogP contribution in [0.2, 0.25) is 0 Å². The summed E-state index contributed by atoms with van der Waals surface area (Å²) in [4.78, 5) is 14.6. The van der Waals surface area contributed by atoms with Gasteiger partial charge in [-0.3, -0.25) is 4.79 Å². The van der Waals surface area contributed by atoms with Crippen molar-refractivity contribution in [3.63, 3.8) is 0 Å². The second-order valence-corrected chi connectivity index (χ2v) is 8.34. The maximum atomic E-state index is 12.9. The Hall–Kier alpha value is -2.63. The van der Waals surface area contributed by atoms with Crippen LogP contribution in [0.4, 0.5) is 0 Å². The second kappa shape index (κ2) is 7.94. The highest BCUT2D eigenvalue weighted by atomic mass is 32.2. The molecule has 1 aliphatic rings. The van der Waals surface area contributed by atoms with Crippen molar-refractivity contribution in [1.82, 2.24) is 9.62 Å². The molecule has 1 aromatic heterocycles. The molecule has 27 heavy (non-hydrogen) atoms. The largest absolute Gasteiger partial charge is 0.468 e. The van der Waals surface area contributed by atoms with Gasteiger partial charge in [-0.25, -0.2) is 13.1 Å². The molecule has 1 aliphatic heterocycles. The minimum atomic E-state index is -3.78. The normalized spacial score (nSPS) is 15.5. The Morgan fingerprint density at radius 3 is 2.70 bits per heavy atom. The monoisotopic (exact) mass is 387 g/mol. The van der Waals surface area contributed by atoms with Crippen LogP contribution in [0.1, 0.15) is 34.5 Å². The van der Waals surface area contributed by atoms with Crippen molar-refractivity contribution in [3.05, 3.63) is 53.5 Å². The summed E-state index contributed by atoms with van der Waals surface area (Å²) in [5, 5.41) is 8.99. The maximum Gasteiger partial charge on any atom is 0.254 e. The van der Waals surface area contributed by atoms with Crippen LogP contribution in [-0.2, 0) is 16.6 Å². The van der Waals surface area contributed by atoms with Crippen LogP contribution in [0.5, 0.6) is 0 Å². The van der Waals surface area contributed by atoms with Crippen LogP contribution < -0.4 is 4.72 Å². The zero-order chi connectivity index (χ0) is 19.4. The van der Waals surface area contributed by atoms with E-state index in [-0.39, 0.29) is 23.3 Å². The summed E-state index contributed by atoms with van der Waals surface area (Å²) >= 11 is 0. The lowest BCUT2D eigenvalue weighted by molar-refractivity contribution is 0.0706. The van der Waals surface area contributed by atoms with E-state index in [1.54, 1.807) is 30.0 Å². The highest BCUT2D eigenvalue weighted by Gasteiger charge is 2.25. The van der Waals surface area contributed by atoms with E-state index in [4.69, 9.17) is 9.68 Å². The summed E-state index contributed by atoms with van der Waals surface area (Å²) in [6.07, 6.45) is 2.76. The molecule has 0 unspecified atom stereocenters. The van der Waals surface area contributed by atoms with E-state index in [2.05, 4.69) is 10.8 Å². The van der Waals surface area contributed by atoms with E-state index in [0.717, 1.165) is 0 Å². The van der Waals surface area contributed by atoms with Crippen LogP contribution in [0.3, 0.4) is 0 Å².